The number of aryl methyl sites for hydroxylation is 2. The summed E-state index contributed by atoms with van der Waals surface area (Å²) in [5, 5.41) is 9.15. The van der Waals surface area contributed by atoms with Crippen molar-refractivity contribution >= 4 is 29.5 Å². The molecule has 0 aliphatic rings. The summed E-state index contributed by atoms with van der Waals surface area (Å²) in [7, 11) is 0. The minimum absolute atomic E-state index is 0. The Labute approximate surface area is 167 Å². The van der Waals surface area contributed by atoms with Crippen LogP contribution in [-0.4, -0.2) is 17.8 Å². The first-order valence-electron chi connectivity index (χ1n) is 8.95. The maximum Gasteiger partial charge on any atom is 0.0585 e. The zero-order valence-electron chi connectivity index (χ0n) is 15.8. The third-order valence-corrected chi connectivity index (χ3v) is 4.51. The quantitative estimate of drug-likeness (QED) is 0.626. The summed E-state index contributed by atoms with van der Waals surface area (Å²) in [5.74, 6) is 0. The molecule has 0 fully saturated rings. The van der Waals surface area contributed by atoms with Gasteiger partial charge in [0, 0.05) is 23.1 Å². The van der Waals surface area contributed by atoms with Crippen molar-refractivity contribution in [3.05, 3.63) is 89.5 Å². The third-order valence-electron chi connectivity index (χ3n) is 4.51. The summed E-state index contributed by atoms with van der Waals surface area (Å²) in [4.78, 5) is 2.24. The molecule has 27 heavy (non-hydrogen) atoms. The molecule has 0 heterocycles. The number of rotatable bonds is 6. The topological polar surface area (TPSA) is 49.5 Å². The molecule has 0 saturated carbocycles. The number of aliphatic hydroxyl groups is 1. The molecule has 3 aromatic rings. The second-order valence-corrected chi connectivity index (χ2v) is 6.82. The molecule has 3 aromatic carbocycles. The van der Waals surface area contributed by atoms with Gasteiger partial charge < -0.3 is 15.7 Å². The average Bonchev–Trinajstić information content (AvgIpc) is 2.66. The first-order valence-corrected chi connectivity index (χ1v) is 8.95. The molecule has 1 unspecified atom stereocenters. The first kappa shape index (κ1) is 21.0. The molecule has 3 nitrogen and oxygen atoms in total. The van der Waals surface area contributed by atoms with Crippen molar-refractivity contribution in [2.75, 3.05) is 11.5 Å². The summed E-state index contributed by atoms with van der Waals surface area (Å²) in [5.41, 5.74) is 12.8. The van der Waals surface area contributed by atoms with Gasteiger partial charge in [-0.2, -0.15) is 0 Å². The molecule has 1 atom stereocenters. The standard InChI is InChI=1S/C23H26N2O.ClH/c1-17-3-9-21(10-4-17)25(22-11-5-18(2)6-12-22)23-13-7-19(8-14-23)15-20(24)16-26;/h3-14,20,26H,15-16,24H2,1-2H3;1H. The molecule has 0 spiro atoms. The predicted molar refractivity (Wildman–Crippen MR) is 117 cm³/mol. The second-order valence-electron chi connectivity index (χ2n) is 6.82. The highest BCUT2D eigenvalue weighted by Gasteiger charge is 2.12. The molecule has 142 valence electrons. The molecular formula is C23H27ClN2O. The van der Waals surface area contributed by atoms with Crippen LogP contribution in [0.1, 0.15) is 16.7 Å². The number of anilines is 3. The zero-order valence-corrected chi connectivity index (χ0v) is 16.6. The number of nitrogens with zero attached hydrogens (tertiary/aromatic N) is 1. The maximum absolute atomic E-state index is 9.15. The van der Waals surface area contributed by atoms with Crippen molar-refractivity contribution in [1.29, 1.82) is 0 Å². The van der Waals surface area contributed by atoms with Gasteiger partial charge in [0.25, 0.3) is 0 Å². The second kappa shape index (κ2) is 9.56. The lowest BCUT2D eigenvalue weighted by molar-refractivity contribution is 0.265. The van der Waals surface area contributed by atoms with Gasteiger partial charge in [-0.1, -0.05) is 47.5 Å². The van der Waals surface area contributed by atoms with Gasteiger partial charge in [-0.15, -0.1) is 12.4 Å². The van der Waals surface area contributed by atoms with Gasteiger partial charge in [-0.05, 0) is 62.2 Å². The molecule has 4 heteroatoms. The predicted octanol–water partition coefficient (Wildman–Crippen LogP) is 5.06. The van der Waals surface area contributed by atoms with Crippen LogP contribution < -0.4 is 10.6 Å². The fraction of sp³-hybridized carbons (Fsp3) is 0.217. The van der Waals surface area contributed by atoms with Crippen molar-refractivity contribution < 1.29 is 5.11 Å². The lowest BCUT2D eigenvalue weighted by atomic mass is 10.1. The van der Waals surface area contributed by atoms with Crippen molar-refractivity contribution in [3.8, 4) is 0 Å². The minimum Gasteiger partial charge on any atom is -0.395 e. The van der Waals surface area contributed by atoms with E-state index in [4.69, 9.17) is 10.8 Å². The van der Waals surface area contributed by atoms with Crippen molar-refractivity contribution in [3.63, 3.8) is 0 Å². The van der Waals surface area contributed by atoms with E-state index in [-0.39, 0.29) is 25.1 Å². The summed E-state index contributed by atoms with van der Waals surface area (Å²) in [6.07, 6.45) is 0.672. The fourth-order valence-electron chi connectivity index (χ4n) is 2.98. The Kier molecular flexibility index (Phi) is 7.43. The van der Waals surface area contributed by atoms with E-state index in [9.17, 15) is 0 Å². The van der Waals surface area contributed by atoms with E-state index in [1.807, 2.05) is 0 Å². The molecule has 0 aromatic heterocycles. The van der Waals surface area contributed by atoms with Gasteiger partial charge in [0.05, 0.1) is 6.61 Å². The lowest BCUT2D eigenvalue weighted by Gasteiger charge is -2.26. The SMILES string of the molecule is Cc1ccc(N(c2ccc(C)cc2)c2ccc(CC(N)CO)cc2)cc1.Cl. The summed E-state index contributed by atoms with van der Waals surface area (Å²) in [6.45, 7) is 4.19. The Morgan fingerprint density at radius 1 is 0.741 bits per heavy atom. The van der Waals surface area contributed by atoms with Gasteiger partial charge in [-0.25, -0.2) is 0 Å². The Bertz CT molecular complexity index is 784. The van der Waals surface area contributed by atoms with E-state index >= 15 is 0 Å². The molecule has 0 aliphatic heterocycles. The molecule has 0 radical (unpaired) electrons. The molecule has 0 amide bonds. The average molecular weight is 383 g/mol. The van der Waals surface area contributed by atoms with Crippen molar-refractivity contribution in [2.45, 2.75) is 26.3 Å². The van der Waals surface area contributed by atoms with E-state index < -0.39 is 0 Å². The van der Waals surface area contributed by atoms with Crippen LogP contribution >= 0.6 is 12.4 Å². The summed E-state index contributed by atoms with van der Waals surface area (Å²) < 4.78 is 0. The van der Waals surface area contributed by atoms with Gasteiger partial charge in [0.15, 0.2) is 0 Å². The highest BCUT2D eigenvalue weighted by atomic mass is 35.5. The number of benzene rings is 3. The summed E-state index contributed by atoms with van der Waals surface area (Å²) >= 11 is 0. The van der Waals surface area contributed by atoms with Crippen LogP contribution in [-0.2, 0) is 6.42 Å². The Morgan fingerprint density at radius 3 is 1.48 bits per heavy atom. The van der Waals surface area contributed by atoms with Crippen molar-refractivity contribution in [2.24, 2.45) is 5.73 Å². The van der Waals surface area contributed by atoms with E-state index in [0.717, 1.165) is 22.6 Å². The van der Waals surface area contributed by atoms with E-state index in [2.05, 4.69) is 91.5 Å². The smallest absolute Gasteiger partial charge is 0.0585 e. The highest BCUT2D eigenvalue weighted by Crippen LogP contribution is 2.34. The van der Waals surface area contributed by atoms with Gasteiger partial charge >= 0.3 is 0 Å². The monoisotopic (exact) mass is 382 g/mol. The third kappa shape index (κ3) is 5.33. The number of hydrogen-bond donors (Lipinski definition) is 2. The van der Waals surface area contributed by atoms with Crippen LogP contribution in [0.4, 0.5) is 17.1 Å². The number of halogens is 1. The minimum atomic E-state index is -0.217. The van der Waals surface area contributed by atoms with Crippen molar-refractivity contribution in [1.82, 2.24) is 0 Å². The van der Waals surface area contributed by atoms with Gasteiger partial charge in [0.1, 0.15) is 0 Å². The van der Waals surface area contributed by atoms with Crippen LogP contribution in [0, 0.1) is 13.8 Å². The molecular weight excluding hydrogens is 356 g/mol. The highest BCUT2D eigenvalue weighted by molar-refractivity contribution is 5.85. The van der Waals surface area contributed by atoms with Gasteiger partial charge in [0.2, 0.25) is 0 Å². The fourth-order valence-corrected chi connectivity index (χ4v) is 2.98. The Morgan fingerprint density at radius 2 is 1.11 bits per heavy atom. The Hall–Kier alpha value is -2.33. The largest absolute Gasteiger partial charge is 0.395 e. The number of nitrogens with two attached hydrogens (primary N) is 1. The molecule has 0 saturated heterocycles. The van der Waals surface area contributed by atoms with E-state index in [1.165, 1.54) is 11.1 Å². The van der Waals surface area contributed by atoms with E-state index in [0.29, 0.717) is 6.42 Å². The van der Waals surface area contributed by atoms with E-state index in [1.54, 1.807) is 0 Å². The molecule has 0 bridgehead atoms. The molecule has 3 N–H and O–H groups in total. The van der Waals surface area contributed by atoms with Gasteiger partial charge in [-0.3, -0.25) is 0 Å². The van der Waals surface area contributed by atoms with Crippen LogP contribution in [0.15, 0.2) is 72.8 Å². The van der Waals surface area contributed by atoms with Crippen LogP contribution in [0.5, 0.6) is 0 Å². The maximum atomic E-state index is 9.15. The normalized spacial score (nSPS) is 11.6. The zero-order chi connectivity index (χ0) is 18.5. The van der Waals surface area contributed by atoms with Crippen LogP contribution in [0.2, 0.25) is 0 Å². The molecule has 3 rings (SSSR count). The number of aliphatic hydroxyl groups excluding tert-OH is 1. The lowest BCUT2D eigenvalue weighted by Crippen LogP contribution is -2.26. The first-order chi connectivity index (χ1) is 12.6. The van der Waals surface area contributed by atoms with Crippen LogP contribution in [0.25, 0.3) is 0 Å². The molecule has 0 aliphatic carbocycles. The Balaban J connectivity index is 0.00000261. The van der Waals surface area contributed by atoms with Crippen LogP contribution in [0.3, 0.4) is 0 Å². The number of hydrogen-bond acceptors (Lipinski definition) is 3. The summed E-state index contributed by atoms with van der Waals surface area (Å²) in [6, 6.07) is 25.3.